The smallest absolute Gasteiger partial charge is 0.259 e. The fourth-order valence-corrected chi connectivity index (χ4v) is 1.59. The molecule has 5 heteroatoms. The van der Waals surface area contributed by atoms with Crippen LogP contribution >= 0.6 is 15.9 Å². The fraction of sp³-hybridized carbons (Fsp3) is 0.333. The quantitative estimate of drug-likeness (QED) is 0.767. The predicted octanol–water partition coefficient (Wildman–Crippen LogP) is 3.09. The zero-order valence-corrected chi connectivity index (χ0v) is 8.98. The van der Waals surface area contributed by atoms with Crippen LogP contribution < -0.4 is 0 Å². The number of nitrogens with zero attached hydrogens (tertiary/aromatic N) is 2. The number of nitriles is 1. The van der Waals surface area contributed by atoms with Gasteiger partial charge in [0.05, 0.1) is 11.3 Å². The Bertz CT molecular complexity index is 385. The highest BCUT2D eigenvalue weighted by molar-refractivity contribution is 9.08. The molecule has 0 unspecified atom stereocenters. The lowest BCUT2D eigenvalue weighted by molar-refractivity contribution is 0.150. The van der Waals surface area contributed by atoms with Gasteiger partial charge in [0.25, 0.3) is 6.43 Å². The average molecular weight is 261 g/mol. The van der Waals surface area contributed by atoms with Crippen molar-refractivity contribution >= 4 is 15.9 Å². The van der Waals surface area contributed by atoms with E-state index in [1.54, 1.807) is 6.07 Å². The van der Waals surface area contributed by atoms with Gasteiger partial charge in [-0.25, -0.2) is 8.78 Å². The Morgan fingerprint density at radius 3 is 2.71 bits per heavy atom. The van der Waals surface area contributed by atoms with Crippen LogP contribution in [-0.2, 0) is 5.33 Å². The molecule has 0 N–H and O–H groups in total. The topological polar surface area (TPSA) is 36.7 Å². The van der Waals surface area contributed by atoms with Gasteiger partial charge in [0, 0.05) is 17.1 Å². The minimum atomic E-state index is -2.63. The van der Waals surface area contributed by atoms with Gasteiger partial charge in [0.1, 0.15) is 6.07 Å². The van der Waals surface area contributed by atoms with Crippen LogP contribution in [0.4, 0.5) is 8.78 Å². The summed E-state index contributed by atoms with van der Waals surface area (Å²) in [7, 11) is 0. The zero-order chi connectivity index (χ0) is 10.7. The minimum Gasteiger partial charge on any atom is -0.259 e. The molecule has 0 spiro atoms. The van der Waals surface area contributed by atoms with E-state index in [1.165, 1.54) is 13.1 Å². The van der Waals surface area contributed by atoms with Gasteiger partial charge >= 0.3 is 0 Å². The standard InChI is InChI=1S/C9H7BrF2N2/c1-5-4-14-7(2-10)6(3-13)8(5)9(11)12/h4,9H,2H2,1H3. The molecule has 0 aliphatic rings. The van der Waals surface area contributed by atoms with Gasteiger partial charge in [-0.1, -0.05) is 15.9 Å². The normalized spacial score (nSPS) is 10.3. The molecule has 0 atom stereocenters. The molecule has 1 aromatic heterocycles. The van der Waals surface area contributed by atoms with Gasteiger partial charge in [-0.05, 0) is 12.5 Å². The summed E-state index contributed by atoms with van der Waals surface area (Å²) < 4.78 is 25.2. The predicted molar refractivity (Wildman–Crippen MR) is 51.3 cm³/mol. The molecule has 0 aromatic carbocycles. The first-order chi connectivity index (χ1) is 6.61. The number of aryl methyl sites for hydroxylation is 1. The maximum atomic E-state index is 12.6. The molecule has 0 saturated carbocycles. The van der Waals surface area contributed by atoms with E-state index in [-0.39, 0.29) is 11.1 Å². The number of hydrogen-bond donors (Lipinski definition) is 0. The SMILES string of the molecule is Cc1cnc(CBr)c(C#N)c1C(F)F. The van der Waals surface area contributed by atoms with E-state index < -0.39 is 6.43 Å². The van der Waals surface area contributed by atoms with E-state index in [4.69, 9.17) is 5.26 Å². The third kappa shape index (κ3) is 1.90. The van der Waals surface area contributed by atoms with Crippen molar-refractivity contribution in [3.63, 3.8) is 0 Å². The van der Waals surface area contributed by atoms with Crippen LogP contribution in [0.15, 0.2) is 6.20 Å². The molecule has 2 nitrogen and oxygen atoms in total. The molecule has 0 aliphatic heterocycles. The Morgan fingerprint density at radius 2 is 2.29 bits per heavy atom. The summed E-state index contributed by atoms with van der Waals surface area (Å²) in [5.74, 6) is 0. The van der Waals surface area contributed by atoms with Gasteiger partial charge in [0.2, 0.25) is 0 Å². The van der Waals surface area contributed by atoms with E-state index >= 15 is 0 Å². The summed E-state index contributed by atoms with van der Waals surface area (Å²) in [5, 5.41) is 9.06. The zero-order valence-electron chi connectivity index (χ0n) is 7.39. The molecular weight excluding hydrogens is 254 g/mol. The van der Waals surface area contributed by atoms with E-state index in [0.29, 0.717) is 16.6 Å². The molecule has 1 heterocycles. The summed E-state index contributed by atoms with van der Waals surface area (Å²) in [4.78, 5) is 3.91. The number of rotatable bonds is 2. The van der Waals surface area contributed by atoms with Gasteiger partial charge in [-0.2, -0.15) is 5.26 Å². The summed E-state index contributed by atoms with van der Waals surface area (Å²) in [6, 6.07) is 1.76. The van der Waals surface area contributed by atoms with Crippen LogP contribution in [-0.4, -0.2) is 4.98 Å². The Balaban J connectivity index is 3.45. The van der Waals surface area contributed by atoms with Gasteiger partial charge in [-0.15, -0.1) is 0 Å². The van der Waals surface area contributed by atoms with Crippen molar-refractivity contribution in [1.29, 1.82) is 5.26 Å². The first-order valence-electron chi connectivity index (χ1n) is 3.84. The minimum absolute atomic E-state index is 0.0168. The maximum absolute atomic E-state index is 12.6. The largest absolute Gasteiger partial charge is 0.265 e. The van der Waals surface area contributed by atoms with Gasteiger partial charge in [-0.3, -0.25) is 4.98 Å². The third-order valence-electron chi connectivity index (χ3n) is 1.85. The molecule has 74 valence electrons. The third-order valence-corrected chi connectivity index (χ3v) is 2.38. The van der Waals surface area contributed by atoms with Gasteiger partial charge < -0.3 is 0 Å². The van der Waals surface area contributed by atoms with E-state index in [2.05, 4.69) is 20.9 Å². The van der Waals surface area contributed by atoms with Crippen molar-refractivity contribution < 1.29 is 8.78 Å². The Hall–Kier alpha value is -1.02. The Labute approximate surface area is 88.7 Å². The number of alkyl halides is 3. The molecule has 14 heavy (non-hydrogen) atoms. The molecule has 0 saturated heterocycles. The summed E-state index contributed by atoms with van der Waals surface area (Å²) >= 11 is 3.10. The number of hydrogen-bond acceptors (Lipinski definition) is 2. The maximum Gasteiger partial charge on any atom is 0.265 e. The number of aromatic nitrogens is 1. The van der Waals surface area contributed by atoms with Crippen molar-refractivity contribution in [2.24, 2.45) is 0 Å². The number of halogens is 3. The summed E-state index contributed by atoms with van der Waals surface area (Å²) in [6.45, 7) is 1.52. The van der Waals surface area contributed by atoms with Gasteiger partial charge in [0.15, 0.2) is 0 Å². The summed E-state index contributed by atoms with van der Waals surface area (Å²) in [5.41, 5.74) is 0.475. The monoisotopic (exact) mass is 260 g/mol. The molecule has 1 rings (SSSR count). The van der Waals surface area contributed by atoms with E-state index in [0.717, 1.165) is 0 Å². The molecule has 0 amide bonds. The van der Waals surface area contributed by atoms with E-state index in [9.17, 15) is 8.78 Å². The lowest BCUT2D eigenvalue weighted by atomic mass is 10.0. The van der Waals surface area contributed by atoms with Crippen LogP contribution in [0.2, 0.25) is 0 Å². The second kappa shape index (κ2) is 4.47. The van der Waals surface area contributed by atoms with Crippen molar-refractivity contribution in [3.05, 3.63) is 28.6 Å². The average Bonchev–Trinajstić information content (AvgIpc) is 2.16. The molecule has 0 fully saturated rings. The fourth-order valence-electron chi connectivity index (χ4n) is 1.17. The molecular formula is C9H7BrF2N2. The lowest BCUT2D eigenvalue weighted by Crippen LogP contribution is -2.01. The Kier molecular flexibility index (Phi) is 3.53. The Morgan fingerprint density at radius 1 is 1.64 bits per heavy atom. The highest BCUT2D eigenvalue weighted by Gasteiger charge is 2.19. The van der Waals surface area contributed by atoms with Crippen molar-refractivity contribution in [2.75, 3.05) is 0 Å². The van der Waals surface area contributed by atoms with Crippen molar-refractivity contribution in [1.82, 2.24) is 4.98 Å². The van der Waals surface area contributed by atoms with Crippen LogP contribution in [0.1, 0.15) is 28.8 Å². The molecule has 0 radical (unpaired) electrons. The first-order valence-corrected chi connectivity index (χ1v) is 4.96. The second-order valence-corrected chi connectivity index (χ2v) is 3.28. The van der Waals surface area contributed by atoms with Crippen LogP contribution in [0, 0.1) is 18.3 Å². The van der Waals surface area contributed by atoms with Crippen LogP contribution in [0.3, 0.4) is 0 Å². The van der Waals surface area contributed by atoms with Crippen LogP contribution in [0.25, 0.3) is 0 Å². The first kappa shape index (κ1) is 11.1. The second-order valence-electron chi connectivity index (χ2n) is 2.72. The highest BCUT2D eigenvalue weighted by Crippen LogP contribution is 2.27. The van der Waals surface area contributed by atoms with Crippen LogP contribution in [0.5, 0.6) is 0 Å². The lowest BCUT2D eigenvalue weighted by Gasteiger charge is -2.08. The molecule has 0 bridgehead atoms. The summed E-state index contributed by atoms with van der Waals surface area (Å²) in [6.07, 6.45) is -1.27. The van der Waals surface area contributed by atoms with Crippen molar-refractivity contribution in [2.45, 2.75) is 18.7 Å². The van der Waals surface area contributed by atoms with E-state index in [1.807, 2.05) is 0 Å². The van der Waals surface area contributed by atoms with Crippen molar-refractivity contribution in [3.8, 4) is 6.07 Å². The number of pyridine rings is 1. The highest BCUT2D eigenvalue weighted by atomic mass is 79.9. The molecule has 1 aromatic rings. The molecule has 0 aliphatic carbocycles.